The van der Waals surface area contributed by atoms with Gasteiger partial charge in [-0.25, -0.2) is 9.89 Å². The van der Waals surface area contributed by atoms with Crippen LogP contribution in [-0.4, -0.2) is 32.0 Å². The molecular formula is C22H28N4O2S. The lowest BCUT2D eigenvalue weighted by atomic mass is 9.53. The summed E-state index contributed by atoms with van der Waals surface area (Å²) >= 11 is 1.35. The minimum atomic E-state index is -0.218. The highest BCUT2D eigenvalue weighted by Gasteiger charge is 2.51. The molecule has 0 unspecified atom stereocenters. The fraction of sp³-hybridized carbons (Fsp3) is 0.591. The third kappa shape index (κ3) is 4.02. The maximum Gasteiger partial charge on any atom is 0.343 e. The summed E-state index contributed by atoms with van der Waals surface area (Å²) in [4.78, 5) is 24.9. The van der Waals surface area contributed by atoms with E-state index in [-0.39, 0.29) is 17.1 Å². The SMILES string of the molecule is O=C(CSc1n[nH]c(=O)n1CCc1ccccc1)NC12CC3CC(CC(C3)C1)C2. The largest absolute Gasteiger partial charge is 0.350 e. The van der Waals surface area contributed by atoms with E-state index >= 15 is 0 Å². The number of H-pyrrole nitrogens is 1. The van der Waals surface area contributed by atoms with E-state index in [9.17, 15) is 9.59 Å². The summed E-state index contributed by atoms with van der Waals surface area (Å²) in [5.41, 5.74) is 0.992. The fourth-order valence-corrected chi connectivity index (χ4v) is 6.99. The molecule has 4 fully saturated rings. The van der Waals surface area contributed by atoms with Crippen LogP contribution in [0.4, 0.5) is 0 Å². The first-order valence-electron chi connectivity index (χ1n) is 10.7. The molecule has 4 saturated carbocycles. The normalized spacial score (nSPS) is 29.9. The Labute approximate surface area is 174 Å². The Morgan fingerprint density at radius 2 is 1.79 bits per heavy atom. The number of nitrogens with zero attached hydrogens (tertiary/aromatic N) is 2. The van der Waals surface area contributed by atoms with Gasteiger partial charge in [0.15, 0.2) is 5.16 Å². The number of benzene rings is 1. The Hall–Kier alpha value is -2.02. The number of thioether (sulfide) groups is 1. The van der Waals surface area contributed by atoms with Crippen molar-refractivity contribution in [2.75, 3.05) is 5.75 Å². The van der Waals surface area contributed by atoms with E-state index in [0.717, 1.165) is 43.4 Å². The van der Waals surface area contributed by atoms with E-state index in [1.165, 1.54) is 36.6 Å². The van der Waals surface area contributed by atoms with Crippen molar-refractivity contribution in [2.24, 2.45) is 17.8 Å². The molecule has 1 amide bonds. The monoisotopic (exact) mass is 412 g/mol. The van der Waals surface area contributed by atoms with E-state index in [1.807, 2.05) is 18.2 Å². The van der Waals surface area contributed by atoms with Crippen molar-refractivity contribution in [3.63, 3.8) is 0 Å². The van der Waals surface area contributed by atoms with Crippen LogP contribution in [0.5, 0.6) is 0 Å². The van der Waals surface area contributed by atoms with Crippen LogP contribution in [0.15, 0.2) is 40.3 Å². The van der Waals surface area contributed by atoms with Gasteiger partial charge in [-0.1, -0.05) is 42.1 Å². The first kappa shape index (κ1) is 19.0. The molecule has 4 aliphatic rings. The van der Waals surface area contributed by atoms with Crippen molar-refractivity contribution < 1.29 is 4.79 Å². The van der Waals surface area contributed by atoms with Gasteiger partial charge >= 0.3 is 5.69 Å². The molecule has 2 N–H and O–H groups in total. The minimum absolute atomic E-state index is 0.0327. The minimum Gasteiger partial charge on any atom is -0.350 e. The summed E-state index contributed by atoms with van der Waals surface area (Å²) in [6.45, 7) is 0.554. The Morgan fingerprint density at radius 3 is 2.45 bits per heavy atom. The third-order valence-electron chi connectivity index (χ3n) is 6.97. The maximum atomic E-state index is 12.7. The molecule has 6 nitrogen and oxygen atoms in total. The Kier molecular flexibility index (Phi) is 5.02. The van der Waals surface area contributed by atoms with Crippen LogP contribution in [-0.2, 0) is 17.8 Å². The molecule has 154 valence electrons. The Bertz CT molecular complexity index is 901. The highest BCUT2D eigenvalue weighted by atomic mass is 32.2. The first-order chi connectivity index (χ1) is 14.1. The third-order valence-corrected chi connectivity index (χ3v) is 7.94. The summed E-state index contributed by atoms with van der Waals surface area (Å²) in [7, 11) is 0. The molecule has 1 aromatic carbocycles. The van der Waals surface area contributed by atoms with Crippen LogP contribution in [0.2, 0.25) is 0 Å². The van der Waals surface area contributed by atoms with Gasteiger partial charge in [0.2, 0.25) is 5.91 Å². The number of carbonyl (C=O) groups excluding carboxylic acids is 1. The highest BCUT2D eigenvalue weighted by molar-refractivity contribution is 7.99. The summed E-state index contributed by atoms with van der Waals surface area (Å²) < 4.78 is 1.63. The zero-order valence-electron chi connectivity index (χ0n) is 16.6. The molecule has 6 rings (SSSR count). The van der Waals surface area contributed by atoms with Crippen molar-refractivity contribution in [3.8, 4) is 0 Å². The molecule has 2 aromatic rings. The second-order valence-electron chi connectivity index (χ2n) is 9.23. The number of hydrogen-bond donors (Lipinski definition) is 2. The van der Waals surface area contributed by atoms with Gasteiger partial charge in [-0.15, -0.1) is 5.10 Å². The topological polar surface area (TPSA) is 79.8 Å². The van der Waals surface area contributed by atoms with Crippen molar-refractivity contribution >= 4 is 17.7 Å². The van der Waals surface area contributed by atoms with Gasteiger partial charge < -0.3 is 5.32 Å². The predicted molar refractivity (Wildman–Crippen MR) is 113 cm³/mol. The Morgan fingerprint density at radius 1 is 1.14 bits per heavy atom. The average molecular weight is 413 g/mol. The van der Waals surface area contributed by atoms with E-state index in [4.69, 9.17) is 0 Å². The molecule has 1 heterocycles. The van der Waals surface area contributed by atoms with E-state index in [2.05, 4.69) is 27.6 Å². The highest BCUT2D eigenvalue weighted by Crippen LogP contribution is 2.55. The van der Waals surface area contributed by atoms with Gasteiger partial charge in [-0.2, -0.15) is 0 Å². The molecule has 0 atom stereocenters. The average Bonchev–Trinajstić information content (AvgIpc) is 3.04. The number of aryl methyl sites for hydroxylation is 1. The summed E-state index contributed by atoms with van der Waals surface area (Å²) in [6.07, 6.45) is 8.31. The van der Waals surface area contributed by atoms with Crippen LogP contribution in [0, 0.1) is 17.8 Å². The quantitative estimate of drug-likeness (QED) is 0.685. The molecule has 4 bridgehead atoms. The molecule has 7 heteroatoms. The molecule has 29 heavy (non-hydrogen) atoms. The summed E-state index contributed by atoms with van der Waals surface area (Å²) in [5.74, 6) is 2.80. The smallest absolute Gasteiger partial charge is 0.343 e. The molecular weight excluding hydrogens is 384 g/mol. The molecule has 1 aromatic heterocycles. The summed E-state index contributed by atoms with van der Waals surface area (Å²) in [6, 6.07) is 10.1. The standard InChI is InChI=1S/C22H28N4O2S/c27-19(23-22-11-16-8-17(12-22)10-18(9-16)13-22)14-29-21-25-24-20(28)26(21)7-6-15-4-2-1-3-5-15/h1-5,16-18H,6-14H2,(H,23,27)(H,24,28). The van der Waals surface area contributed by atoms with Gasteiger partial charge in [-0.05, 0) is 68.3 Å². The number of nitrogens with one attached hydrogen (secondary N) is 2. The van der Waals surface area contributed by atoms with Crippen LogP contribution in [0.3, 0.4) is 0 Å². The van der Waals surface area contributed by atoms with Crippen LogP contribution < -0.4 is 11.0 Å². The zero-order chi connectivity index (χ0) is 19.8. The van der Waals surface area contributed by atoms with E-state index in [0.29, 0.717) is 17.5 Å². The van der Waals surface area contributed by atoms with Crippen LogP contribution in [0.1, 0.15) is 44.1 Å². The van der Waals surface area contributed by atoms with Gasteiger partial charge in [0.1, 0.15) is 0 Å². The van der Waals surface area contributed by atoms with Gasteiger partial charge in [0.05, 0.1) is 5.75 Å². The molecule has 0 saturated heterocycles. The molecule has 0 spiro atoms. The number of aromatic amines is 1. The van der Waals surface area contributed by atoms with E-state index in [1.54, 1.807) is 4.57 Å². The first-order valence-corrected chi connectivity index (χ1v) is 11.7. The lowest BCUT2D eigenvalue weighted by Gasteiger charge is -2.56. The lowest BCUT2D eigenvalue weighted by Crippen LogP contribution is -2.60. The predicted octanol–water partition coefficient (Wildman–Crippen LogP) is 2.99. The Balaban J connectivity index is 1.19. The number of rotatable bonds is 7. The summed E-state index contributed by atoms with van der Waals surface area (Å²) in [5, 5.41) is 10.6. The van der Waals surface area contributed by atoms with Crippen molar-refractivity contribution in [1.82, 2.24) is 20.1 Å². The van der Waals surface area contributed by atoms with Gasteiger partial charge in [0.25, 0.3) is 0 Å². The number of carbonyl (C=O) groups is 1. The maximum absolute atomic E-state index is 12.7. The van der Waals surface area contributed by atoms with Crippen molar-refractivity contribution in [3.05, 3.63) is 46.4 Å². The van der Waals surface area contributed by atoms with Crippen LogP contribution in [0.25, 0.3) is 0 Å². The number of hydrogen-bond acceptors (Lipinski definition) is 4. The number of aromatic nitrogens is 3. The van der Waals surface area contributed by atoms with Gasteiger partial charge in [-0.3, -0.25) is 9.36 Å². The fourth-order valence-electron chi connectivity index (χ4n) is 6.22. The van der Waals surface area contributed by atoms with Crippen LogP contribution >= 0.6 is 11.8 Å². The number of amides is 1. The molecule has 0 radical (unpaired) electrons. The van der Waals surface area contributed by atoms with Gasteiger partial charge in [0, 0.05) is 12.1 Å². The molecule has 4 aliphatic carbocycles. The second kappa shape index (κ2) is 7.67. The second-order valence-corrected chi connectivity index (χ2v) is 10.2. The lowest BCUT2D eigenvalue weighted by molar-refractivity contribution is -0.124. The van der Waals surface area contributed by atoms with Crippen molar-refractivity contribution in [2.45, 2.75) is 62.2 Å². The zero-order valence-corrected chi connectivity index (χ0v) is 17.4. The van der Waals surface area contributed by atoms with E-state index < -0.39 is 0 Å². The van der Waals surface area contributed by atoms with Crippen molar-refractivity contribution in [1.29, 1.82) is 0 Å². The molecule has 0 aliphatic heterocycles.